The summed E-state index contributed by atoms with van der Waals surface area (Å²) in [5, 5.41) is 6.48. The molecule has 1 heterocycles. The van der Waals surface area contributed by atoms with E-state index >= 15 is 0 Å². The van der Waals surface area contributed by atoms with Crippen molar-refractivity contribution in [3.63, 3.8) is 0 Å². The molecule has 1 aliphatic rings. The number of nitrogens with one attached hydrogen (secondary N) is 2. The average molecular weight is 334 g/mol. The Labute approximate surface area is 145 Å². The van der Waals surface area contributed by atoms with E-state index in [0.29, 0.717) is 18.3 Å². The Morgan fingerprint density at radius 1 is 1.25 bits per heavy atom. The summed E-state index contributed by atoms with van der Waals surface area (Å²) in [6.45, 7) is 6.29. The maximum Gasteiger partial charge on any atom is 0.220 e. The molecule has 2 N–H and O–H groups in total. The third kappa shape index (κ3) is 4.87. The molecule has 1 aromatic carbocycles. The highest BCUT2D eigenvalue weighted by molar-refractivity contribution is 5.76. The smallest absolute Gasteiger partial charge is 0.220 e. The molecule has 1 amide bonds. The first-order chi connectivity index (χ1) is 11.5. The molecule has 134 valence electrons. The standard InChI is InChI=1S/C19H30N2O3/c1-13(15-7-9-20-10-8-15)11-19(22)21-14(2)17-12-16(23-3)5-6-18(17)24-4/h5-6,12-15,20H,7-11H2,1-4H3,(H,21,22). The van der Waals surface area contributed by atoms with Crippen LogP contribution in [0.4, 0.5) is 0 Å². The van der Waals surface area contributed by atoms with Gasteiger partial charge in [0.05, 0.1) is 20.3 Å². The van der Waals surface area contributed by atoms with Crippen LogP contribution in [0.2, 0.25) is 0 Å². The molecule has 0 aliphatic carbocycles. The van der Waals surface area contributed by atoms with Crippen molar-refractivity contribution in [2.24, 2.45) is 11.8 Å². The van der Waals surface area contributed by atoms with Crippen LogP contribution in [0.25, 0.3) is 0 Å². The van der Waals surface area contributed by atoms with Crippen molar-refractivity contribution in [2.75, 3.05) is 27.3 Å². The zero-order valence-electron chi connectivity index (χ0n) is 15.2. The van der Waals surface area contributed by atoms with Crippen LogP contribution in [0, 0.1) is 11.8 Å². The van der Waals surface area contributed by atoms with Crippen molar-refractivity contribution >= 4 is 5.91 Å². The van der Waals surface area contributed by atoms with Crippen LogP contribution in [0.1, 0.15) is 44.7 Å². The topological polar surface area (TPSA) is 59.6 Å². The minimum Gasteiger partial charge on any atom is -0.497 e. The SMILES string of the molecule is COc1ccc(OC)c(C(C)NC(=O)CC(C)C2CCNCC2)c1. The number of benzene rings is 1. The van der Waals surface area contributed by atoms with Crippen molar-refractivity contribution in [3.8, 4) is 11.5 Å². The molecular formula is C19H30N2O3. The Morgan fingerprint density at radius 2 is 1.96 bits per heavy atom. The van der Waals surface area contributed by atoms with Gasteiger partial charge < -0.3 is 20.1 Å². The fourth-order valence-electron chi connectivity index (χ4n) is 3.43. The number of methoxy groups -OCH3 is 2. The Hall–Kier alpha value is -1.75. The molecule has 1 fully saturated rings. The van der Waals surface area contributed by atoms with Gasteiger partial charge in [0.15, 0.2) is 0 Å². The van der Waals surface area contributed by atoms with Crippen molar-refractivity contribution in [2.45, 2.75) is 39.2 Å². The third-order valence-corrected chi connectivity index (χ3v) is 4.98. The Kier molecular flexibility index (Phi) is 6.91. The van der Waals surface area contributed by atoms with Gasteiger partial charge in [-0.1, -0.05) is 6.92 Å². The highest BCUT2D eigenvalue weighted by atomic mass is 16.5. The lowest BCUT2D eigenvalue weighted by Crippen LogP contribution is -2.34. The van der Waals surface area contributed by atoms with E-state index in [0.717, 1.165) is 43.0 Å². The monoisotopic (exact) mass is 334 g/mol. The van der Waals surface area contributed by atoms with Crippen LogP contribution < -0.4 is 20.1 Å². The molecule has 0 bridgehead atoms. The van der Waals surface area contributed by atoms with Crippen LogP contribution in [-0.2, 0) is 4.79 Å². The van der Waals surface area contributed by atoms with E-state index in [1.807, 2.05) is 25.1 Å². The number of amides is 1. The van der Waals surface area contributed by atoms with Gasteiger partial charge in [-0.3, -0.25) is 4.79 Å². The van der Waals surface area contributed by atoms with E-state index in [-0.39, 0.29) is 11.9 Å². The van der Waals surface area contributed by atoms with E-state index in [9.17, 15) is 4.79 Å². The van der Waals surface area contributed by atoms with Gasteiger partial charge >= 0.3 is 0 Å². The third-order valence-electron chi connectivity index (χ3n) is 4.98. The molecule has 0 aromatic heterocycles. The second-order valence-electron chi connectivity index (χ2n) is 6.67. The summed E-state index contributed by atoms with van der Waals surface area (Å²) in [7, 11) is 3.27. The number of ether oxygens (including phenoxy) is 2. The van der Waals surface area contributed by atoms with E-state index in [2.05, 4.69) is 17.6 Å². The molecule has 5 nitrogen and oxygen atoms in total. The predicted molar refractivity (Wildman–Crippen MR) is 95.5 cm³/mol. The Balaban J connectivity index is 1.95. The quantitative estimate of drug-likeness (QED) is 0.805. The van der Waals surface area contributed by atoms with Crippen LogP contribution >= 0.6 is 0 Å². The normalized spacial score (nSPS) is 17.8. The van der Waals surface area contributed by atoms with Gasteiger partial charge in [-0.15, -0.1) is 0 Å². The minimum absolute atomic E-state index is 0.0957. The lowest BCUT2D eigenvalue weighted by atomic mass is 9.84. The van der Waals surface area contributed by atoms with Crippen LogP contribution in [0.3, 0.4) is 0 Å². The molecular weight excluding hydrogens is 304 g/mol. The molecule has 0 spiro atoms. The van der Waals surface area contributed by atoms with Crippen molar-refractivity contribution in [1.82, 2.24) is 10.6 Å². The van der Waals surface area contributed by atoms with Crippen molar-refractivity contribution in [1.29, 1.82) is 0 Å². The van der Waals surface area contributed by atoms with Gasteiger partial charge in [0.25, 0.3) is 0 Å². The molecule has 2 rings (SSSR count). The summed E-state index contributed by atoms with van der Waals surface area (Å²) < 4.78 is 10.7. The van der Waals surface area contributed by atoms with Gasteiger partial charge in [-0.2, -0.15) is 0 Å². The number of piperidine rings is 1. The summed E-state index contributed by atoms with van der Waals surface area (Å²) in [6, 6.07) is 5.52. The van der Waals surface area contributed by atoms with Gasteiger partial charge in [-0.25, -0.2) is 0 Å². The van der Waals surface area contributed by atoms with E-state index in [1.165, 1.54) is 0 Å². The second-order valence-corrected chi connectivity index (χ2v) is 6.67. The highest BCUT2D eigenvalue weighted by Gasteiger charge is 2.23. The summed E-state index contributed by atoms with van der Waals surface area (Å²) in [6.07, 6.45) is 2.89. The largest absolute Gasteiger partial charge is 0.497 e. The lowest BCUT2D eigenvalue weighted by molar-refractivity contribution is -0.123. The zero-order chi connectivity index (χ0) is 17.5. The molecule has 0 saturated carbocycles. The maximum atomic E-state index is 12.4. The summed E-state index contributed by atoms with van der Waals surface area (Å²) in [5.74, 6) is 2.66. The molecule has 5 heteroatoms. The molecule has 24 heavy (non-hydrogen) atoms. The number of hydrogen-bond acceptors (Lipinski definition) is 4. The minimum atomic E-state index is -0.122. The van der Waals surface area contributed by atoms with E-state index < -0.39 is 0 Å². The molecule has 1 aliphatic heterocycles. The van der Waals surface area contributed by atoms with Crippen LogP contribution in [-0.4, -0.2) is 33.2 Å². The van der Waals surface area contributed by atoms with Gasteiger partial charge in [0.1, 0.15) is 11.5 Å². The Bertz CT molecular complexity index is 541. The first kappa shape index (κ1) is 18.6. The Morgan fingerprint density at radius 3 is 2.58 bits per heavy atom. The molecule has 1 aromatic rings. The summed E-state index contributed by atoms with van der Waals surface area (Å²) in [4.78, 5) is 12.4. The van der Waals surface area contributed by atoms with Crippen molar-refractivity contribution in [3.05, 3.63) is 23.8 Å². The number of hydrogen-bond donors (Lipinski definition) is 2. The molecule has 0 radical (unpaired) electrons. The van der Waals surface area contributed by atoms with Gasteiger partial charge in [0, 0.05) is 12.0 Å². The summed E-state index contributed by atoms with van der Waals surface area (Å²) >= 11 is 0. The maximum absolute atomic E-state index is 12.4. The first-order valence-corrected chi connectivity index (χ1v) is 8.77. The molecule has 1 saturated heterocycles. The number of rotatable bonds is 7. The predicted octanol–water partition coefficient (Wildman–Crippen LogP) is 2.91. The first-order valence-electron chi connectivity index (χ1n) is 8.77. The zero-order valence-corrected chi connectivity index (χ0v) is 15.2. The average Bonchev–Trinajstić information content (AvgIpc) is 2.61. The lowest BCUT2D eigenvalue weighted by Gasteiger charge is -2.28. The molecule has 2 atom stereocenters. The summed E-state index contributed by atoms with van der Waals surface area (Å²) in [5.41, 5.74) is 0.930. The fourth-order valence-corrected chi connectivity index (χ4v) is 3.43. The van der Waals surface area contributed by atoms with E-state index in [4.69, 9.17) is 9.47 Å². The van der Waals surface area contributed by atoms with E-state index in [1.54, 1.807) is 14.2 Å². The number of carbonyl (C=O) groups excluding carboxylic acids is 1. The highest BCUT2D eigenvalue weighted by Crippen LogP contribution is 2.30. The number of carbonyl (C=O) groups is 1. The van der Waals surface area contributed by atoms with Crippen LogP contribution in [0.5, 0.6) is 11.5 Å². The van der Waals surface area contributed by atoms with Crippen LogP contribution in [0.15, 0.2) is 18.2 Å². The molecule has 2 unspecified atom stereocenters. The van der Waals surface area contributed by atoms with Gasteiger partial charge in [-0.05, 0) is 62.9 Å². The second kappa shape index (κ2) is 8.92. The van der Waals surface area contributed by atoms with Gasteiger partial charge in [0.2, 0.25) is 5.91 Å². The fraction of sp³-hybridized carbons (Fsp3) is 0.632. The van der Waals surface area contributed by atoms with Crippen molar-refractivity contribution < 1.29 is 14.3 Å².